The van der Waals surface area contributed by atoms with Crippen LogP contribution in [0, 0.1) is 0 Å². The molecule has 0 bridgehead atoms. The maximum Gasteiger partial charge on any atom is 0.338 e. The molecule has 0 spiro atoms. The van der Waals surface area contributed by atoms with E-state index in [9.17, 15) is 4.79 Å². The molecule has 15 heavy (non-hydrogen) atoms. The molecule has 84 valence electrons. The lowest BCUT2D eigenvalue weighted by atomic mass is 10.3. The van der Waals surface area contributed by atoms with Crippen molar-refractivity contribution in [3.8, 4) is 0 Å². The first-order valence-electron chi connectivity index (χ1n) is 4.73. The number of carbonyl (C=O) groups is 1. The molecule has 5 heteroatoms. The summed E-state index contributed by atoms with van der Waals surface area (Å²) < 4.78 is 5.10. The topological polar surface area (TPSA) is 76.5 Å². The molecule has 4 nitrogen and oxygen atoms in total. The summed E-state index contributed by atoms with van der Waals surface area (Å²) in [6, 6.07) is 1.77. The van der Waals surface area contributed by atoms with Gasteiger partial charge in [-0.25, -0.2) is 4.79 Å². The van der Waals surface area contributed by atoms with Crippen LogP contribution in [0.2, 0.25) is 0 Å². The van der Waals surface area contributed by atoms with Gasteiger partial charge >= 0.3 is 5.97 Å². The van der Waals surface area contributed by atoms with Crippen molar-refractivity contribution < 1.29 is 14.3 Å². The molecule has 0 radical (unpaired) electrons. The van der Waals surface area contributed by atoms with Crippen molar-refractivity contribution in [2.45, 2.75) is 25.1 Å². The Bertz CT molecular complexity index is 322. The van der Waals surface area contributed by atoms with Gasteiger partial charge in [0, 0.05) is 6.04 Å². The molecule has 1 atom stereocenters. The molecule has 0 aromatic carbocycles. The van der Waals surface area contributed by atoms with Gasteiger partial charge in [-0.05, 0) is 25.2 Å². The lowest BCUT2D eigenvalue weighted by Crippen LogP contribution is -2.15. The number of furan rings is 1. The van der Waals surface area contributed by atoms with Crippen LogP contribution in [0.25, 0.3) is 0 Å². The van der Waals surface area contributed by atoms with Crippen LogP contribution in [0.1, 0.15) is 29.5 Å². The molecule has 0 aliphatic carbocycles. The highest BCUT2D eigenvalue weighted by Crippen LogP contribution is 2.16. The Morgan fingerprint density at radius 3 is 3.00 bits per heavy atom. The van der Waals surface area contributed by atoms with Crippen LogP contribution in [-0.4, -0.2) is 22.9 Å². The van der Waals surface area contributed by atoms with Crippen LogP contribution in [0.5, 0.6) is 0 Å². The van der Waals surface area contributed by atoms with Crippen molar-refractivity contribution in [3.63, 3.8) is 0 Å². The van der Waals surface area contributed by atoms with E-state index < -0.39 is 5.97 Å². The van der Waals surface area contributed by atoms with E-state index in [1.807, 2.05) is 6.92 Å². The van der Waals surface area contributed by atoms with Gasteiger partial charge in [0.15, 0.2) is 0 Å². The Balaban J connectivity index is 2.29. The number of hydrogen-bond acceptors (Lipinski definition) is 4. The molecule has 0 aliphatic rings. The standard InChI is InChI=1S/C10H15NO3S/c1-7(11)2-3-15-6-9-4-8(5-14-9)10(12)13/h4-5,7H,2-3,6,11H2,1H3,(H,12,13). The van der Waals surface area contributed by atoms with Gasteiger partial charge in [0.25, 0.3) is 0 Å². The molecule has 1 aromatic heterocycles. The fourth-order valence-electron chi connectivity index (χ4n) is 1.01. The van der Waals surface area contributed by atoms with Crippen molar-refractivity contribution in [1.29, 1.82) is 0 Å². The van der Waals surface area contributed by atoms with Crippen molar-refractivity contribution >= 4 is 17.7 Å². The molecule has 0 saturated heterocycles. The summed E-state index contributed by atoms with van der Waals surface area (Å²) in [5, 5.41) is 8.66. The van der Waals surface area contributed by atoms with Gasteiger partial charge in [-0.15, -0.1) is 0 Å². The first-order valence-corrected chi connectivity index (χ1v) is 5.89. The summed E-state index contributed by atoms with van der Waals surface area (Å²) >= 11 is 1.69. The molecule has 3 N–H and O–H groups in total. The van der Waals surface area contributed by atoms with Gasteiger partial charge in [0.05, 0.1) is 11.3 Å². The van der Waals surface area contributed by atoms with E-state index in [2.05, 4.69) is 0 Å². The minimum absolute atomic E-state index is 0.206. The summed E-state index contributed by atoms with van der Waals surface area (Å²) in [6.45, 7) is 1.97. The van der Waals surface area contributed by atoms with Crippen molar-refractivity contribution in [2.75, 3.05) is 5.75 Å². The van der Waals surface area contributed by atoms with Crippen molar-refractivity contribution in [1.82, 2.24) is 0 Å². The first kappa shape index (κ1) is 12.1. The van der Waals surface area contributed by atoms with Gasteiger partial charge in [0.2, 0.25) is 0 Å². The lowest BCUT2D eigenvalue weighted by molar-refractivity contribution is 0.0696. The Kier molecular flexibility index (Phi) is 4.71. The summed E-state index contributed by atoms with van der Waals surface area (Å²) in [5.41, 5.74) is 5.81. The number of carboxylic acid groups (broad SMARTS) is 1. The van der Waals surface area contributed by atoms with Crippen LogP contribution in [-0.2, 0) is 5.75 Å². The smallest absolute Gasteiger partial charge is 0.338 e. The minimum Gasteiger partial charge on any atom is -0.478 e. The number of hydrogen-bond donors (Lipinski definition) is 2. The molecule has 0 saturated carbocycles. The number of aromatic carboxylic acids is 1. The first-order chi connectivity index (χ1) is 7.09. The highest BCUT2D eigenvalue weighted by Gasteiger charge is 2.07. The van der Waals surface area contributed by atoms with Gasteiger partial charge < -0.3 is 15.3 Å². The maximum absolute atomic E-state index is 10.6. The van der Waals surface area contributed by atoms with Crippen molar-refractivity contribution in [3.05, 3.63) is 23.7 Å². The van der Waals surface area contributed by atoms with Crippen LogP contribution in [0.3, 0.4) is 0 Å². The Labute approximate surface area is 92.8 Å². The quantitative estimate of drug-likeness (QED) is 0.729. The molecule has 1 unspecified atom stereocenters. The zero-order valence-corrected chi connectivity index (χ0v) is 9.42. The van der Waals surface area contributed by atoms with Crippen LogP contribution in [0.4, 0.5) is 0 Å². The second-order valence-corrected chi connectivity index (χ2v) is 4.53. The second kappa shape index (κ2) is 5.82. The number of rotatable bonds is 6. The fraction of sp³-hybridized carbons (Fsp3) is 0.500. The molecule has 0 aliphatic heterocycles. The zero-order chi connectivity index (χ0) is 11.3. The van der Waals surface area contributed by atoms with Crippen molar-refractivity contribution in [2.24, 2.45) is 5.73 Å². The minimum atomic E-state index is -0.953. The van der Waals surface area contributed by atoms with E-state index in [0.29, 0.717) is 11.5 Å². The highest BCUT2D eigenvalue weighted by molar-refractivity contribution is 7.98. The van der Waals surface area contributed by atoms with Gasteiger partial charge in [-0.1, -0.05) is 0 Å². The normalized spacial score (nSPS) is 12.7. The Morgan fingerprint density at radius 2 is 2.47 bits per heavy atom. The summed E-state index contributed by atoms with van der Waals surface area (Å²) in [5.74, 6) is 1.40. The SMILES string of the molecule is CC(N)CCSCc1cc(C(=O)O)co1. The van der Waals surface area contributed by atoms with E-state index in [-0.39, 0.29) is 11.6 Å². The van der Waals surface area contributed by atoms with E-state index in [1.54, 1.807) is 17.8 Å². The van der Waals surface area contributed by atoms with Crippen LogP contribution >= 0.6 is 11.8 Å². The van der Waals surface area contributed by atoms with Crippen LogP contribution in [0.15, 0.2) is 16.7 Å². The predicted octanol–water partition coefficient (Wildman–Crippen LogP) is 1.95. The number of thioether (sulfide) groups is 1. The average molecular weight is 229 g/mol. The fourth-order valence-corrected chi connectivity index (χ4v) is 2.05. The Morgan fingerprint density at radius 1 is 1.73 bits per heavy atom. The molecular weight excluding hydrogens is 214 g/mol. The molecule has 1 aromatic rings. The van der Waals surface area contributed by atoms with E-state index in [1.165, 1.54) is 6.26 Å². The predicted molar refractivity (Wildman–Crippen MR) is 60.1 cm³/mol. The number of nitrogens with two attached hydrogens (primary N) is 1. The van der Waals surface area contributed by atoms with Gasteiger partial charge in [-0.3, -0.25) is 0 Å². The monoisotopic (exact) mass is 229 g/mol. The maximum atomic E-state index is 10.6. The molecule has 0 amide bonds. The number of carboxylic acids is 1. The molecule has 0 fully saturated rings. The average Bonchev–Trinajstić information content (AvgIpc) is 2.60. The summed E-state index contributed by atoms with van der Waals surface area (Å²) in [7, 11) is 0. The molecule has 1 heterocycles. The third-order valence-electron chi connectivity index (χ3n) is 1.86. The lowest BCUT2D eigenvalue weighted by Gasteiger charge is -2.02. The third-order valence-corrected chi connectivity index (χ3v) is 2.88. The third kappa shape index (κ3) is 4.40. The molecule has 1 rings (SSSR count). The zero-order valence-electron chi connectivity index (χ0n) is 8.60. The summed E-state index contributed by atoms with van der Waals surface area (Å²) in [4.78, 5) is 10.6. The van der Waals surface area contributed by atoms with E-state index >= 15 is 0 Å². The highest BCUT2D eigenvalue weighted by atomic mass is 32.2. The largest absolute Gasteiger partial charge is 0.478 e. The molecular formula is C10H15NO3S. The van der Waals surface area contributed by atoms with Crippen LogP contribution < -0.4 is 5.73 Å². The van der Waals surface area contributed by atoms with E-state index in [0.717, 1.165) is 12.2 Å². The van der Waals surface area contributed by atoms with E-state index in [4.69, 9.17) is 15.3 Å². The van der Waals surface area contributed by atoms with Gasteiger partial charge in [0.1, 0.15) is 12.0 Å². The van der Waals surface area contributed by atoms with Gasteiger partial charge in [-0.2, -0.15) is 11.8 Å². The second-order valence-electron chi connectivity index (χ2n) is 3.43. The Hall–Kier alpha value is -0.940. The summed E-state index contributed by atoms with van der Waals surface area (Å²) in [6.07, 6.45) is 2.22.